The number of benzene rings is 1. The zero-order chi connectivity index (χ0) is 13.1. The Morgan fingerprint density at radius 2 is 2.17 bits per heavy atom. The van der Waals surface area contributed by atoms with Crippen LogP contribution in [0.4, 0.5) is 8.78 Å². The summed E-state index contributed by atoms with van der Waals surface area (Å²) in [5.41, 5.74) is 0.691. The zero-order valence-electron chi connectivity index (χ0n) is 9.58. The van der Waals surface area contributed by atoms with Crippen molar-refractivity contribution in [3.8, 4) is 0 Å². The Balaban J connectivity index is 1.99. The molecule has 1 N–H and O–H groups in total. The molecule has 1 unspecified atom stereocenters. The van der Waals surface area contributed by atoms with E-state index >= 15 is 0 Å². The molecule has 0 radical (unpaired) electrons. The van der Waals surface area contributed by atoms with Gasteiger partial charge in [-0.3, -0.25) is 0 Å². The predicted molar refractivity (Wildman–Crippen MR) is 68.7 cm³/mol. The van der Waals surface area contributed by atoms with Crippen molar-refractivity contribution in [1.82, 2.24) is 10.3 Å². The molecule has 0 saturated carbocycles. The first-order valence-corrected chi connectivity index (χ1v) is 6.54. The fourth-order valence-electron chi connectivity index (χ4n) is 1.51. The highest BCUT2D eigenvalue weighted by Gasteiger charge is 2.09. The summed E-state index contributed by atoms with van der Waals surface area (Å²) in [5, 5.41) is 4.03. The summed E-state index contributed by atoms with van der Waals surface area (Å²) in [6.07, 6.45) is 1.59. The first kappa shape index (κ1) is 13.4. The second-order valence-corrected chi connectivity index (χ2v) is 5.58. The van der Waals surface area contributed by atoms with Crippen molar-refractivity contribution in [2.75, 3.05) is 0 Å². The van der Waals surface area contributed by atoms with Crippen LogP contribution in [0.1, 0.15) is 23.5 Å². The molecule has 0 amide bonds. The van der Waals surface area contributed by atoms with Crippen LogP contribution in [0.25, 0.3) is 0 Å². The minimum atomic E-state index is -0.836. The van der Waals surface area contributed by atoms with Gasteiger partial charge in [-0.25, -0.2) is 13.8 Å². The maximum absolute atomic E-state index is 13.1. The van der Waals surface area contributed by atoms with Crippen LogP contribution in [0.3, 0.4) is 0 Å². The van der Waals surface area contributed by atoms with Gasteiger partial charge in [0.05, 0.1) is 6.20 Å². The summed E-state index contributed by atoms with van der Waals surface area (Å²) in [6, 6.07) is 3.79. The molecule has 96 valence electrons. The number of thiazole rings is 1. The van der Waals surface area contributed by atoms with Crippen LogP contribution in [0, 0.1) is 11.6 Å². The summed E-state index contributed by atoms with van der Waals surface area (Å²) in [7, 11) is 0. The summed E-state index contributed by atoms with van der Waals surface area (Å²) in [6.45, 7) is 2.42. The van der Waals surface area contributed by atoms with Crippen molar-refractivity contribution in [1.29, 1.82) is 0 Å². The fourth-order valence-corrected chi connectivity index (χ4v) is 2.42. The lowest BCUT2D eigenvalue weighted by molar-refractivity contribution is 0.500. The van der Waals surface area contributed by atoms with E-state index in [0.29, 0.717) is 16.4 Å². The molecule has 0 saturated heterocycles. The third-order valence-corrected chi connectivity index (χ3v) is 3.64. The van der Waals surface area contributed by atoms with Crippen molar-refractivity contribution in [2.45, 2.75) is 19.5 Å². The molecule has 0 aliphatic heterocycles. The molecule has 1 atom stereocenters. The summed E-state index contributed by atoms with van der Waals surface area (Å²) in [5.74, 6) is -1.67. The highest BCUT2D eigenvalue weighted by Crippen LogP contribution is 2.20. The molecule has 2 aromatic rings. The lowest BCUT2D eigenvalue weighted by atomic mass is 10.1. The second kappa shape index (κ2) is 5.73. The van der Waals surface area contributed by atoms with Crippen molar-refractivity contribution in [3.05, 3.63) is 50.9 Å². The van der Waals surface area contributed by atoms with Gasteiger partial charge in [-0.2, -0.15) is 0 Å². The molecule has 18 heavy (non-hydrogen) atoms. The van der Waals surface area contributed by atoms with Crippen LogP contribution in [0.2, 0.25) is 4.34 Å². The maximum Gasteiger partial charge on any atom is 0.159 e. The normalized spacial score (nSPS) is 12.7. The Bertz CT molecular complexity index is 545. The Hall–Kier alpha value is -1.04. The standard InChI is InChI=1S/C12H11ClF2N2S/c1-7(8-2-3-9(14)10(15)4-8)16-6-12-17-5-11(13)18-12/h2-5,7,16H,6H2,1H3. The first-order valence-electron chi connectivity index (χ1n) is 5.35. The monoisotopic (exact) mass is 288 g/mol. The highest BCUT2D eigenvalue weighted by atomic mass is 35.5. The van der Waals surface area contributed by atoms with Gasteiger partial charge in [0.25, 0.3) is 0 Å². The van der Waals surface area contributed by atoms with E-state index in [4.69, 9.17) is 11.6 Å². The van der Waals surface area contributed by atoms with Gasteiger partial charge in [-0.05, 0) is 24.6 Å². The van der Waals surface area contributed by atoms with Crippen LogP contribution in [0.5, 0.6) is 0 Å². The van der Waals surface area contributed by atoms with Crippen LogP contribution in [0.15, 0.2) is 24.4 Å². The molecule has 0 spiro atoms. The van der Waals surface area contributed by atoms with Crippen LogP contribution in [-0.2, 0) is 6.54 Å². The molecular formula is C12H11ClF2N2S. The molecule has 0 aliphatic carbocycles. The van der Waals surface area contributed by atoms with Gasteiger partial charge in [0, 0.05) is 12.6 Å². The van der Waals surface area contributed by atoms with Crippen LogP contribution < -0.4 is 5.32 Å². The molecule has 2 rings (SSSR count). The Morgan fingerprint density at radius 3 is 2.78 bits per heavy atom. The highest BCUT2D eigenvalue weighted by molar-refractivity contribution is 7.15. The number of aromatic nitrogens is 1. The van der Waals surface area contributed by atoms with E-state index in [1.54, 1.807) is 12.3 Å². The lowest BCUT2D eigenvalue weighted by Gasteiger charge is -2.13. The predicted octanol–water partition coefficient (Wildman–Crippen LogP) is 3.93. The van der Waals surface area contributed by atoms with E-state index in [9.17, 15) is 8.78 Å². The lowest BCUT2D eigenvalue weighted by Crippen LogP contribution is -2.18. The number of nitrogens with one attached hydrogen (secondary N) is 1. The Labute approximate surface area is 113 Å². The molecule has 0 aliphatic rings. The number of nitrogens with zero attached hydrogens (tertiary/aromatic N) is 1. The van der Waals surface area contributed by atoms with Crippen LogP contribution >= 0.6 is 22.9 Å². The van der Waals surface area contributed by atoms with Gasteiger partial charge >= 0.3 is 0 Å². The van der Waals surface area contributed by atoms with Crippen molar-refractivity contribution < 1.29 is 8.78 Å². The summed E-state index contributed by atoms with van der Waals surface area (Å²) in [4.78, 5) is 4.10. The SMILES string of the molecule is CC(NCc1ncc(Cl)s1)c1ccc(F)c(F)c1. The summed E-state index contributed by atoms with van der Waals surface area (Å²) >= 11 is 7.16. The van der Waals surface area contributed by atoms with Gasteiger partial charge in [-0.1, -0.05) is 17.7 Å². The molecular weight excluding hydrogens is 278 g/mol. The minimum absolute atomic E-state index is 0.0947. The van der Waals surface area contributed by atoms with Crippen molar-refractivity contribution in [2.24, 2.45) is 0 Å². The summed E-state index contributed by atoms with van der Waals surface area (Å²) < 4.78 is 26.5. The van der Waals surface area contributed by atoms with Crippen LogP contribution in [-0.4, -0.2) is 4.98 Å². The number of rotatable bonds is 4. The first-order chi connectivity index (χ1) is 8.56. The van der Waals surface area contributed by atoms with E-state index in [1.165, 1.54) is 17.4 Å². The third kappa shape index (κ3) is 3.25. The fraction of sp³-hybridized carbons (Fsp3) is 0.250. The Kier molecular flexibility index (Phi) is 4.27. The van der Waals surface area contributed by atoms with E-state index < -0.39 is 11.6 Å². The number of hydrogen-bond acceptors (Lipinski definition) is 3. The molecule has 0 fully saturated rings. The molecule has 6 heteroatoms. The smallest absolute Gasteiger partial charge is 0.159 e. The van der Waals surface area contributed by atoms with Gasteiger partial charge in [0.1, 0.15) is 9.34 Å². The molecule has 1 aromatic carbocycles. The van der Waals surface area contributed by atoms with E-state index in [2.05, 4.69) is 10.3 Å². The minimum Gasteiger partial charge on any atom is -0.304 e. The topological polar surface area (TPSA) is 24.9 Å². The zero-order valence-corrected chi connectivity index (χ0v) is 11.2. The van der Waals surface area contributed by atoms with E-state index in [1.807, 2.05) is 6.92 Å². The molecule has 0 bridgehead atoms. The number of halogens is 3. The van der Waals surface area contributed by atoms with Crippen molar-refractivity contribution >= 4 is 22.9 Å². The molecule has 2 nitrogen and oxygen atoms in total. The Morgan fingerprint density at radius 1 is 1.39 bits per heavy atom. The van der Waals surface area contributed by atoms with Gasteiger partial charge < -0.3 is 5.32 Å². The third-order valence-electron chi connectivity index (χ3n) is 2.53. The van der Waals surface area contributed by atoms with E-state index in [-0.39, 0.29) is 6.04 Å². The number of hydrogen-bond donors (Lipinski definition) is 1. The average molecular weight is 289 g/mol. The molecule has 1 aromatic heterocycles. The van der Waals surface area contributed by atoms with Gasteiger partial charge in [-0.15, -0.1) is 11.3 Å². The van der Waals surface area contributed by atoms with E-state index in [0.717, 1.165) is 11.1 Å². The molecule has 1 heterocycles. The van der Waals surface area contributed by atoms with Gasteiger partial charge in [0.15, 0.2) is 11.6 Å². The second-order valence-electron chi connectivity index (χ2n) is 3.83. The quantitative estimate of drug-likeness (QED) is 0.922. The maximum atomic E-state index is 13.1. The van der Waals surface area contributed by atoms with Crippen molar-refractivity contribution in [3.63, 3.8) is 0 Å². The van der Waals surface area contributed by atoms with Gasteiger partial charge in [0.2, 0.25) is 0 Å². The largest absolute Gasteiger partial charge is 0.304 e. The average Bonchev–Trinajstić information content (AvgIpc) is 2.75.